The van der Waals surface area contributed by atoms with Gasteiger partial charge in [-0.05, 0) is 0 Å². The molecule has 4 heteroatoms. The maximum atomic E-state index is 10.7. The summed E-state index contributed by atoms with van der Waals surface area (Å²) in [6.45, 7) is 4.30. The molecule has 2 amide bonds. The monoisotopic (exact) mass is 160 g/mol. The number of carbonyl (C=O) groups excluding carboxylic acids is 1. The lowest BCUT2D eigenvalue weighted by atomic mass is 9.95. The van der Waals surface area contributed by atoms with Crippen molar-refractivity contribution in [2.24, 2.45) is 5.41 Å². The van der Waals surface area contributed by atoms with E-state index in [1.165, 1.54) is 0 Å². The van der Waals surface area contributed by atoms with E-state index in [0.717, 1.165) is 0 Å². The SMILES string of the molecule is CNC(=O)NCC(C)(C)CO. The van der Waals surface area contributed by atoms with Crippen molar-refractivity contribution >= 4 is 6.03 Å². The second-order valence-corrected chi connectivity index (χ2v) is 3.26. The van der Waals surface area contributed by atoms with Gasteiger partial charge in [0.1, 0.15) is 0 Å². The topological polar surface area (TPSA) is 61.4 Å². The first-order valence-corrected chi connectivity index (χ1v) is 3.58. The van der Waals surface area contributed by atoms with E-state index >= 15 is 0 Å². The number of rotatable bonds is 3. The molecule has 0 aromatic rings. The standard InChI is InChI=1S/C7H16N2O2/c1-7(2,5-10)4-9-6(11)8-3/h10H,4-5H2,1-3H3,(H2,8,9,11). The summed E-state index contributed by atoms with van der Waals surface area (Å²) in [5.41, 5.74) is -0.244. The molecule has 0 saturated heterocycles. The van der Waals surface area contributed by atoms with Gasteiger partial charge >= 0.3 is 6.03 Å². The molecule has 0 fully saturated rings. The maximum absolute atomic E-state index is 10.7. The minimum Gasteiger partial charge on any atom is -0.396 e. The van der Waals surface area contributed by atoms with Gasteiger partial charge in [-0.25, -0.2) is 4.79 Å². The normalized spacial score (nSPS) is 10.9. The van der Waals surface area contributed by atoms with Crippen molar-refractivity contribution in [1.82, 2.24) is 10.6 Å². The van der Waals surface area contributed by atoms with Crippen LogP contribution in [0.3, 0.4) is 0 Å². The zero-order valence-corrected chi connectivity index (χ0v) is 7.27. The number of aliphatic hydroxyl groups is 1. The molecular weight excluding hydrogens is 144 g/mol. The molecule has 0 rings (SSSR count). The predicted octanol–water partition coefficient (Wildman–Crippen LogP) is -0.0661. The minimum absolute atomic E-state index is 0.0665. The predicted molar refractivity (Wildman–Crippen MR) is 43.3 cm³/mol. The molecule has 0 saturated carbocycles. The van der Waals surface area contributed by atoms with Gasteiger partial charge in [0, 0.05) is 25.6 Å². The number of amides is 2. The Morgan fingerprint density at radius 3 is 2.45 bits per heavy atom. The molecule has 4 nitrogen and oxygen atoms in total. The Kier molecular flexibility index (Phi) is 3.89. The second kappa shape index (κ2) is 4.18. The lowest BCUT2D eigenvalue weighted by Crippen LogP contribution is -2.40. The first kappa shape index (κ1) is 10.2. The largest absolute Gasteiger partial charge is 0.396 e. The molecule has 66 valence electrons. The fourth-order valence-electron chi connectivity index (χ4n) is 0.464. The summed E-state index contributed by atoms with van der Waals surface area (Å²) in [6.07, 6.45) is 0. The van der Waals surface area contributed by atoms with Crippen LogP contribution in [0.4, 0.5) is 4.79 Å². The van der Waals surface area contributed by atoms with E-state index in [-0.39, 0.29) is 18.1 Å². The van der Waals surface area contributed by atoms with Crippen LogP contribution in [0.15, 0.2) is 0 Å². The van der Waals surface area contributed by atoms with Crippen LogP contribution in [0.1, 0.15) is 13.8 Å². The number of hydrogen-bond donors (Lipinski definition) is 3. The highest BCUT2D eigenvalue weighted by Crippen LogP contribution is 2.10. The Labute approximate surface area is 67.0 Å². The summed E-state index contributed by atoms with van der Waals surface area (Å²) in [5, 5.41) is 13.9. The van der Waals surface area contributed by atoms with Crippen molar-refractivity contribution in [3.8, 4) is 0 Å². The zero-order chi connectivity index (χ0) is 8.91. The van der Waals surface area contributed by atoms with E-state index < -0.39 is 0 Å². The molecular formula is C7H16N2O2. The fraction of sp³-hybridized carbons (Fsp3) is 0.857. The van der Waals surface area contributed by atoms with Gasteiger partial charge in [-0.1, -0.05) is 13.8 Å². The summed E-state index contributed by atoms with van der Waals surface area (Å²) in [5.74, 6) is 0. The van der Waals surface area contributed by atoms with E-state index in [0.29, 0.717) is 6.54 Å². The molecule has 0 atom stereocenters. The van der Waals surface area contributed by atoms with E-state index in [1.54, 1.807) is 7.05 Å². The van der Waals surface area contributed by atoms with Gasteiger partial charge < -0.3 is 15.7 Å². The molecule has 0 aliphatic heterocycles. The smallest absolute Gasteiger partial charge is 0.314 e. The molecule has 3 N–H and O–H groups in total. The summed E-state index contributed by atoms with van der Waals surface area (Å²) in [6, 6.07) is -0.216. The summed E-state index contributed by atoms with van der Waals surface area (Å²) >= 11 is 0. The highest BCUT2D eigenvalue weighted by Gasteiger charge is 2.16. The lowest BCUT2D eigenvalue weighted by molar-refractivity contribution is 0.157. The van der Waals surface area contributed by atoms with Crippen LogP contribution in [0.2, 0.25) is 0 Å². The molecule has 0 unspecified atom stereocenters. The Balaban J connectivity index is 3.61. The van der Waals surface area contributed by atoms with Crippen molar-refractivity contribution in [2.75, 3.05) is 20.2 Å². The number of hydrogen-bond acceptors (Lipinski definition) is 2. The second-order valence-electron chi connectivity index (χ2n) is 3.26. The average Bonchev–Trinajstić information content (AvgIpc) is 2.00. The molecule has 0 aromatic carbocycles. The van der Waals surface area contributed by atoms with Crippen LogP contribution in [-0.4, -0.2) is 31.3 Å². The highest BCUT2D eigenvalue weighted by molar-refractivity contribution is 5.73. The van der Waals surface area contributed by atoms with Crippen molar-refractivity contribution in [1.29, 1.82) is 0 Å². The van der Waals surface area contributed by atoms with E-state index in [9.17, 15) is 4.79 Å². The van der Waals surface area contributed by atoms with Crippen LogP contribution in [-0.2, 0) is 0 Å². The molecule has 11 heavy (non-hydrogen) atoms. The van der Waals surface area contributed by atoms with Crippen LogP contribution in [0, 0.1) is 5.41 Å². The van der Waals surface area contributed by atoms with Crippen molar-refractivity contribution in [3.63, 3.8) is 0 Å². The van der Waals surface area contributed by atoms with E-state index in [4.69, 9.17) is 5.11 Å². The minimum atomic E-state index is -0.244. The summed E-state index contributed by atoms with van der Waals surface area (Å²) in [4.78, 5) is 10.7. The van der Waals surface area contributed by atoms with Gasteiger partial charge in [0.2, 0.25) is 0 Å². The first-order chi connectivity index (χ1) is 5.02. The Morgan fingerprint density at radius 2 is 2.09 bits per heavy atom. The Bertz CT molecular complexity index is 134. The Hall–Kier alpha value is -0.770. The van der Waals surface area contributed by atoms with Crippen LogP contribution in [0.25, 0.3) is 0 Å². The van der Waals surface area contributed by atoms with E-state index in [1.807, 2.05) is 13.8 Å². The van der Waals surface area contributed by atoms with Gasteiger partial charge in [-0.3, -0.25) is 0 Å². The number of urea groups is 1. The van der Waals surface area contributed by atoms with Gasteiger partial charge in [-0.2, -0.15) is 0 Å². The van der Waals surface area contributed by atoms with E-state index in [2.05, 4.69) is 10.6 Å². The van der Waals surface area contributed by atoms with Gasteiger partial charge in [0.05, 0.1) is 0 Å². The molecule has 0 spiro atoms. The summed E-state index contributed by atoms with van der Waals surface area (Å²) in [7, 11) is 1.56. The molecule has 0 aliphatic rings. The number of nitrogens with one attached hydrogen (secondary N) is 2. The quantitative estimate of drug-likeness (QED) is 0.541. The third kappa shape index (κ3) is 4.61. The molecule has 0 radical (unpaired) electrons. The third-order valence-electron chi connectivity index (χ3n) is 1.38. The van der Waals surface area contributed by atoms with Crippen molar-refractivity contribution in [2.45, 2.75) is 13.8 Å². The van der Waals surface area contributed by atoms with Crippen molar-refractivity contribution in [3.05, 3.63) is 0 Å². The molecule has 0 aliphatic carbocycles. The number of aliphatic hydroxyl groups excluding tert-OH is 1. The molecule has 0 aromatic heterocycles. The summed E-state index contributed by atoms with van der Waals surface area (Å²) < 4.78 is 0. The van der Waals surface area contributed by atoms with Crippen LogP contribution < -0.4 is 10.6 Å². The Morgan fingerprint density at radius 1 is 1.55 bits per heavy atom. The lowest BCUT2D eigenvalue weighted by Gasteiger charge is -2.21. The fourth-order valence-corrected chi connectivity index (χ4v) is 0.464. The molecule has 0 bridgehead atoms. The van der Waals surface area contributed by atoms with Gasteiger partial charge in [0.25, 0.3) is 0 Å². The third-order valence-corrected chi connectivity index (χ3v) is 1.38. The zero-order valence-electron chi connectivity index (χ0n) is 7.27. The van der Waals surface area contributed by atoms with Crippen molar-refractivity contribution < 1.29 is 9.90 Å². The maximum Gasteiger partial charge on any atom is 0.314 e. The average molecular weight is 160 g/mol. The van der Waals surface area contributed by atoms with Crippen LogP contribution in [0.5, 0.6) is 0 Å². The first-order valence-electron chi connectivity index (χ1n) is 3.58. The van der Waals surface area contributed by atoms with Crippen LogP contribution >= 0.6 is 0 Å². The molecule has 0 heterocycles. The van der Waals surface area contributed by atoms with Gasteiger partial charge in [0.15, 0.2) is 0 Å². The highest BCUT2D eigenvalue weighted by atomic mass is 16.3. The van der Waals surface area contributed by atoms with Gasteiger partial charge in [-0.15, -0.1) is 0 Å². The number of carbonyl (C=O) groups is 1.